The van der Waals surface area contributed by atoms with Gasteiger partial charge in [-0.25, -0.2) is 8.78 Å². The maximum atomic E-state index is 11.9. The molecule has 2 N–H and O–H groups in total. The molecule has 0 spiro atoms. The van der Waals surface area contributed by atoms with Crippen molar-refractivity contribution in [2.45, 2.75) is 26.3 Å². The van der Waals surface area contributed by atoms with Crippen molar-refractivity contribution >= 4 is 5.91 Å². The maximum absolute atomic E-state index is 11.9. The van der Waals surface area contributed by atoms with Crippen molar-refractivity contribution in [1.82, 2.24) is 4.90 Å². The molecule has 0 aliphatic rings. The van der Waals surface area contributed by atoms with E-state index in [0.717, 1.165) is 4.90 Å². The summed E-state index contributed by atoms with van der Waals surface area (Å²) in [6.07, 6.45) is -2.51. The van der Waals surface area contributed by atoms with Crippen LogP contribution in [-0.4, -0.2) is 36.9 Å². The molecule has 0 fully saturated rings. The molecule has 0 aromatic carbocycles. The molecule has 1 unspecified atom stereocenters. The second-order valence-electron chi connectivity index (χ2n) is 3.38. The highest BCUT2D eigenvalue weighted by Crippen LogP contribution is 2.04. The number of amides is 1. The molecule has 1 atom stereocenters. The summed E-state index contributed by atoms with van der Waals surface area (Å²) in [5.74, 6) is -0.470. The van der Waals surface area contributed by atoms with Gasteiger partial charge >= 0.3 is 0 Å². The lowest BCUT2D eigenvalue weighted by atomic mass is 10.0. The minimum atomic E-state index is -2.51. The average molecular weight is 194 g/mol. The average Bonchev–Trinajstić information content (AvgIpc) is 2.00. The summed E-state index contributed by atoms with van der Waals surface area (Å²) in [5.41, 5.74) is 5.50. The number of nitrogens with two attached hydrogens (primary N) is 1. The van der Waals surface area contributed by atoms with Crippen LogP contribution in [-0.2, 0) is 4.79 Å². The van der Waals surface area contributed by atoms with Crippen molar-refractivity contribution in [3.05, 3.63) is 0 Å². The topological polar surface area (TPSA) is 46.3 Å². The van der Waals surface area contributed by atoms with Gasteiger partial charge in [0.25, 0.3) is 6.43 Å². The summed E-state index contributed by atoms with van der Waals surface area (Å²) in [7, 11) is 1.33. The first-order valence-corrected chi connectivity index (χ1v) is 4.15. The number of halogens is 2. The second-order valence-corrected chi connectivity index (χ2v) is 3.38. The van der Waals surface area contributed by atoms with Gasteiger partial charge in [0.1, 0.15) is 0 Å². The van der Waals surface area contributed by atoms with E-state index in [0.29, 0.717) is 0 Å². The Morgan fingerprint density at radius 1 is 1.46 bits per heavy atom. The molecule has 1 amide bonds. The lowest BCUT2D eigenvalue weighted by Gasteiger charge is -2.22. The van der Waals surface area contributed by atoms with Gasteiger partial charge in [0.15, 0.2) is 0 Å². The number of likely N-dealkylation sites (N-methyl/N-ethyl adjacent to an activating group) is 1. The van der Waals surface area contributed by atoms with Crippen LogP contribution < -0.4 is 5.73 Å². The van der Waals surface area contributed by atoms with E-state index in [9.17, 15) is 13.6 Å². The van der Waals surface area contributed by atoms with Crippen LogP contribution in [0.1, 0.15) is 13.8 Å². The van der Waals surface area contributed by atoms with E-state index in [2.05, 4.69) is 0 Å². The molecule has 0 aromatic heterocycles. The molecule has 0 heterocycles. The van der Waals surface area contributed by atoms with Crippen molar-refractivity contribution in [2.24, 2.45) is 11.7 Å². The number of alkyl halides is 2. The first-order chi connectivity index (χ1) is 5.86. The zero-order valence-corrected chi connectivity index (χ0v) is 8.13. The molecular formula is C8H16F2N2O. The molecule has 0 aromatic rings. The molecule has 0 bridgehead atoms. The van der Waals surface area contributed by atoms with Gasteiger partial charge in [-0.3, -0.25) is 4.79 Å². The van der Waals surface area contributed by atoms with E-state index >= 15 is 0 Å². The van der Waals surface area contributed by atoms with Crippen LogP contribution in [0.2, 0.25) is 0 Å². The first-order valence-electron chi connectivity index (χ1n) is 4.15. The second kappa shape index (κ2) is 5.11. The highest BCUT2D eigenvalue weighted by Gasteiger charge is 2.22. The Kier molecular flexibility index (Phi) is 4.83. The SMILES string of the molecule is CC(C)C(N)C(=O)N(C)CC(F)F. The Morgan fingerprint density at radius 2 is 1.92 bits per heavy atom. The van der Waals surface area contributed by atoms with E-state index in [1.165, 1.54) is 7.05 Å². The van der Waals surface area contributed by atoms with Gasteiger partial charge in [-0.15, -0.1) is 0 Å². The van der Waals surface area contributed by atoms with Crippen molar-refractivity contribution < 1.29 is 13.6 Å². The Balaban J connectivity index is 4.09. The third-order valence-electron chi connectivity index (χ3n) is 1.79. The lowest BCUT2D eigenvalue weighted by molar-refractivity contribution is -0.133. The predicted octanol–water partition coefficient (Wildman–Crippen LogP) is 0.693. The normalized spacial score (nSPS) is 13.5. The summed E-state index contributed by atoms with van der Waals surface area (Å²) in [5, 5.41) is 0. The summed E-state index contributed by atoms with van der Waals surface area (Å²) in [6.45, 7) is 3.00. The molecule has 0 radical (unpaired) electrons. The zero-order chi connectivity index (χ0) is 10.6. The number of carbonyl (C=O) groups excluding carboxylic acids is 1. The molecule has 0 saturated heterocycles. The minimum Gasteiger partial charge on any atom is -0.339 e. The Bertz CT molecular complexity index is 174. The number of nitrogens with zero attached hydrogens (tertiary/aromatic N) is 1. The van der Waals surface area contributed by atoms with Crippen LogP contribution in [0.3, 0.4) is 0 Å². The number of hydrogen-bond acceptors (Lipinski definition) is 2. The fraction of sp³-hybridized carbons (Fsp3) is 0.875. The number of rotatable bonds is 4. The largest absolute Gasteiger partial charge is 0.339 e. The van der Waals surface area contributed by atoms with Crippen LogP contribution in [0.25, 0.3) is 0 Å². The minimum absolute atomic E-state index is 0.0346. The maximum Gasteiger partial charge on any atom is 0.255 e. The van der Waals surface area contributed by atoms with Crippen LogP contribution in [0, 0.1) is 5.92 Å². The quantitative estimate of drug-likeness (QED) is 0.715. The molecule has 78 valence electrons. The molecule has 5 heteroatoms. The molecule has 3 nitrogen and oxygen atoms in total. The lowest BCUT2D eigenvalue weighted by Crippen LogP contribution is -2.46. The molecule has 13 heavy (non-hydrogen) atoms. The van der Waals surface area contributed by atoms with E-state index in [4.69, 9.17) is 5.73 Å². The van der Waals surface area contributed by atoms with E-state index in [1.807, 2.05) is 0 Å². The van der Waals surface area contributed by atoms with Gasteiger partial charge < -0.3 is 10.6 Å². The highest BCUT2D eigenvalue weighted by molar-refractivity contribution is 5.81. The van der Waals surface area contributed by atoms with Crippen LogP contribution in [0.15, 0.2) is 0 Å². The van der Waals surface area contributed by atoms with Crippen LogP contribution >= 0.6 is 0 Å². The van der Waals surface area contributed by atoms with Crippen LogP contribution in [0.5, 0.6) is 0 Å². The van der Waals surface area contributed by atoms with Crippen LogP contribution in [0.4, 0.5) is 8.78 Å². The summed E-state index contributed by atoms with van der Waals surface area (Å²) < 4.78 is 23.8. The summed E-state index contributed by atoms with van der Waals surface area (Å²) in [4.78, 5) is 12.3. The highest BCUT2D eigenvalue weighted by atomic mass is 19.3. The van der Waals surface area contributed by atoms with Gasteiger partial charge in [-0.2, -0.15) is 0 Å². The third-order valence-corrected chi connectivity index (χ3v) is 1.79. The van der Waals surface area contributed by atoms with Gasteiger partial charge in [-0.1, -0.05) is 13.8 Å². The summed E-state index contributed by atoms with van der Waals surface area (Å²) in [6, 6.07) is -0.691. The smallest absolute Gasteiger partial charge is 0.255 e. The van der Waals surface area contributed by atoms with E-state index in [1.54, 1.807) is 13.8 Å². The van der Waals surface area contributed by atoms with E-state index in [-0.39, 0.29) is 5.92 Å². The van der Waals surface area contributed by atoms with Gasteiger partial charge in [0.2, 0.25) is 5.91 Å². The van der Waals surface area contributed by atoms with Crippen molar-refractivity contribution in [1.29, 1.82) is 0 Å². The molecular weight excluding hydrogens is 178 g/mol. The molecule has 0 aliphatic carbocycles. The first kappa shape index (κ1) is 12.3. The van der Waals surface area contributed by atoms with Crippen molar-refractivity contribution in [2.75, 3.05) is 13.6 Å². The number of carbonyl (C=O) groups is 1. The van der Waals surface area contributed by atoms with E-state index < -0.39 is 24.9 Å². The van der Waals surface area contributed by atoms with Crippen molar-refractivity contribution in [3.63, 3.8) is 0 Å². The fourth-order valence-corrected chi connectivity index (χ4v) is 0.837. The summed E-state index contributed by atoms with van der Waals surface area (Å²) >= 11 is 0. The Morgan fingerprint density at radius 3 is 2.23 bits per heavy atom. The van der Waals surface area contributed by atoms with Gasteiger partial charge in [0.05, 0.1) is 12.6 Å². The zero-order valence-electron chi connectivity index (χ0n) is 8.13. The van der Waals surface area contributed by atoms with Gasteiger partial charge in [0, 0.05) is 7.05 Å². The standard InChI is InChI=1S/C8H16F2N2O/c1-5(2)7(11)8(13)12(3)4-6(9)10/h5-7H,4,11H2,1-3H3. The monoisotopic (exact) mass is 194 g/mol. The third kappa shape index (κ3) is 4.17. The molecule has 0 aliphatic heterocycles. The fourth-order valence-electron chi connectivity index (χ4n) is 0.837. The molecule has 0 rings (SSSR count). The predicted molar refractivity (Wildman–Crippen MR) is 46.5 cm³/mol. The Hall–Kier alpha value is -0.710. The Labute approximate surface area is 76.9 Å². The van der Waals surface area contributed by atoms with Gasteiger partial charge in [-0.05, 0) is 5.92 Å². The number of hydrogen-bond donors (Lipinski definition) is 1. The molecule has 0 saturated carbocycles. The van der Waals surface area contributed by atoms with Crippen molar-refractivity contribution in [3.8, 4) is 0 Å².